The Labute approximate surface area is 132 Å². The lowest BCUT2D eigenvalue weighted by Gasteiger charge is -2.29. The van der Waals surface area contributed by atoms with E-state index in [1.165, 1.54) is 25.7 Å². The lowest BCUT2D eigenvalue weighted by molar-refractivity contribution is -0.130. The number of hydrogen-bond acceptors (Lipinski definition) is 4. The smallest absolute Gasteiger partial charge is 0.222 e. The number of carbonyl (C=O) groups excluding carboxylic acids is 1. The molecule has 0 bridgehead atoms. The van der Waals surface area contributed by atoms with E-state index < -0.39 is 0 Å². The molecule has 0 radical (unpaired) electrons. The van der Waals surface area contributed by atoms with Crippen LogP contribution in [0.2, 0.25) is 0 Å². The van der Waals surface area contributed by atoms with Crippen LogP contribution in [-0.2, 0) is 11.2 Å². The van der Waals surface area contributed by atoms with E-state index in [9.17, 15) is 4.79 Å². The number of carbonyl (C=O) groups is 1. The van der Waals surface area contributed by atoms with E-state index in [1.54, 1.807) is 6.20 Å². The van der Waals surface area contributed by atoms with Crippen LogP contribution in [0, 0.1) is 5.92 Å². The van der Waals surface area contributed by atoms with Gasteiger partial charge in [0, 0.05) is 44.5 Å². The number of hydrogen-bond donors (Lipinski definition) is 2. The Kier molecular flexibility index (Phi) is 5.05. The lowest BCUT2D eigenvalue weighted by atomic mass is 9.81. The Morgan fingerprint density at radius 2 is 2.23 bits per heavy atom. The highest BCUT2D eigenvalue weighted by molar-refractivity contribution is 5.76. The van der Waals surface area contributed by atoms with Crippen molar-refractivity contribution < 1.29 is 4.79 Å². The van der Waals surface area contributed by atoms with E-state index in [0.717, 1.165) is 18.5 Å². The van der Waals surface area contributed by atoms with Crippen LogP contribution in [0.4, 0.5) is 0 Å². The first kappa shape index (κ1) is 15.4. The number of aromatic nitrogens is 1. The summed E-state index contributed by atoms with van der Waals surface area (Å²) in [5, 5.41) is 0. The van der Waals surface area contributed by atoms with Crippen molar-refractivity contribution in [1.82, 2.24) is 20.7 Å². The van der Waals surface area contributed by atoms with Gasteiger partial charge >= 0.3 is 0 Å². The second-order valence-electron chi connectivity index (χ2n) is 6.59. The van der Waals surface area contributed by atoms with Gasteiger partial charge in [0.2, 0.25) is 5.91 Å². The Hall–Kier alpha value is -1.46. The first-order chi connectivity index (χ1) is 10.7. The molecule has 5 nitrogen and oxygen atoms in total. The van der Waals surface area contributed by atoms with Gasteiger partial charge in [-0.1, -0.05) is 18.9 Å². The minimum absolute atomic E-state index is 0.213. The molecular weight excluding hydrogens is 276 g/mol. The van der Waals surface area contributed by atoms with Crippen LogP contribution in [-0.4, -0.2) is 41.5 Å². The van der Waals surface area contributed by atoms with Crippen molar-refractivity contribution in [2.75, 3.05) is 13.6 Å². The largest absolute Gasteiger partial charge is 0.344 e. The van der Waals surface area contributed by atoms with E-state index in [2.05, 4.69) is 15.8 Å². The molecule has 120 valence electrons. The average Bonchev–Trinajstić information content (AvgIpc) is 2.97. The van der Waals surface area contributed by atoms with Crippen molar-refractivity contribution in [3.8, 4) is 0 Å². The molecule has 0 aromatic carbocycles. The number of hydrazine groups is 1. The van der Waals surface area contributed by atoms with Crippen molar-refractivity contribution in [3.63, 3.8) is 0 Å². The molecule has 1 amide bonds. The van der Waals surface area contributed by atoms with E-state index in [4.69, 9.17) is 0 Å². The maximum Gasteiger partial charge on any atom is 0.222 e. The molecule has 3 atom stereocenters. The van der Waals surface area contributed by atoms with Gasteiger partial charge in [-0.3, -0.25) is 20.6 Å². The highest BCUT2D eigenvalue weighted by Gasteiger charge is 2.37. The van der Waals surface area contributed by atoms with Crippen molar-refractivity contribution >= 4 is 5.91 Å². The highest BCUT2D eigenvalue weighted by Crippen LogP contribution is 2.30. The number of aryl methyl sites for hydroxylation is 1. The highest BCUT2D eigenvalue weighted by atomic mass is 16.2. The molecule has 1 aromatic rings. The monoisotopic (exact) mass is 302 g/mol. The molecule has 2 aliphatic rings. The Morgan fingerprint density at radius 1 is 1.36 bits per heavy atom. The fraction of sp³-hybridized carbons (Fsp3) is 0.647. The third-order valence-electron chi connectivity index (χ3n) is 5.04. The number of amides is 1. The van der Waals surface area contributed by atoms with Crippen LogP contribution in [0.25, 0.3) is 0 Å². The summed E-state index contributed by atoms with van der Waals surface area (Å²) in [4.78, 5) is 18.3. The van der Waals surface area contributed by atoms with Gasteiger partial charge < -0.3 is 4.90 Å². The molecule has 2 N–H and O–H groups in total. The summed E-state index contributed by atoms with van der Waals surface area (Å²) in [6.45, 7) is 0.792. The fourth-order valence-corrected chi connectivity index (χ4v) is 3.71. The van der Waals surface area contributed by atoms with Crippen LogP contribution in [0.3, 0.4) is 0 Å². The zero-order valence-electron chi connectivity index (χ0n) is 13.3. The topological polar surface area (TPSA) is 57.3 Å². The van der Waals surface area contributed by atoms with Gasteiger partial charge in [0.25, 0.3) is 0 Å². The molecule has 1 saturated carbocycles. The van der Waals surface area contributed by atoms with Crippen LogP contribution in [0.15, 0.2) is 24.5 Å². The molecule has 2 heterocycles. The van der Waals surface area contributed by atoms with Crippen LogP contribution >= 0.6 is 0 Å². The summed E-state index contributed by atoms with van der Waals surface area (Å²) in [6, 6.07) is 4.92. The van der Waals surface area contributed by atoms with E-state index in [1.807, 2.05) is 30.3 Å². The molecule has 1 aliphatic carbocycles. The van der Waals surface area contributed by atoms with Gasteiger partial charge in [-0.25, -0.2) is 0 Å². The molecule has 1 aliphatic heterocycles. The van der Waals surface area contributed by atoms with Gasteiger partial charge in [0.15, 0.2) is 0 Å². The van der Waals surface area contributed by atoms with E-state index in [-0.39, 0.29) is 5.91 Å². The summed E-state index contributed by atoms with van der Waals surface area (Å²) < 4.78 is 0. The van der Waals surface area contributed by atoms with Crippen molar-refractivity contribution in [2.45, 2.75) is 50.6 Å². The standard InChI is InChI=1S/C17H26N4O/c1-21(17(22)9-8-13-5-4-10-18-11-13)12-16-14-6-2-3-7-15(14)19-20-16/h4-5,10-11,14-16,19-20H,2-3,6-9,12H2,1H3. The molecule has 1 aromatic heterocycles. The maximum atomic E-state index is 12.3. The first-order valence-corrected chi connectivity index (χ1v) is 8.38. The van der Waals surface area contributed by atoms with E-state index >= 15 is 0 Å². The number of fused-ring (bicyclic) bond motifs is 1. The molecule has 5 heteroatoms. The van der Waals surface area contributed by atoms with Gasteiger partial charge in [0.1, 0.15) is 0 Å². The van der Waals surface area contributed by atoms with Crippen LogP contribution in [0.5, 0.6) is 0 Å². The number of nitrogens with one attached hydrogen (secondary N) is 2. The minimum atomic E-state index is 0.213. The average molecular weight is 302 g/mol. The molecule has 0 spiro atoms. The number of nitrogens with zero attached hydrogens (tertiary/aromatic N) is 2. The van der Waals surface area contributed by atoms with Crippen molar-refractivity contribution in [3.05, 3.63) is 30.1 Å². The summed E-state index contributed by atoms with van der Waals surface area (Å²) in [6.07, 6.45) is 10.1. The maximum absolute atomic E-state index is 12.3. The molecule has 3 unspecified atom stereocenters. The molecule has 22 heavy (non-hydrogen) atoms. The predicted molar refractivity (Wildman–Crippen MR) is 86.0 cm³/mol. The van der Waals surface area contributed by atoms with Crippen molar-refractivity contribution in [2.24, 2.45) is 5.92 Å². The fourth-order valence-electron chi connectivity index (χ4n) is 3.71. The Bertz CT molecular complexity index is 493. The summed E-state index contributed by atoms with van der Waals surface area (Å²) in [5.74, 6) is 0.882. The second-order valence-corrected chi connectivity index (χ2v) is 6.59. The third kappa shape index (κ3) is 3.65. The molecule has 3 rings (SSSR count). The summed E-state index contributed by atoms with van der Waals surface area (Å²) >= 11 is 0. The minimum Gasteiger partial charge on any atom is -0.344 e. The molecule has 2 fully saturated rings. The van der Waals surface area contributed by atoms with Crippen molar-refractivity contribution in [1.29, 1.82) is 0 Å². The summed E-state index contributed by atoms with van der Waals surface area (Å²) in [5.41, 5.74) is 7.94. The first-order valence-electron chi connectivity index (χ1n) is 8.38. The zero-order valence-corrected chi connectivity index (χ0v) is 13.3. The van der Waals surface area contributed by atoms with Gasteiger partial charge in [-0.2, -0.15) is 0 Å². The quantitative estimate of drug-likeness (QED) is 0.865. The Balaban J connectivity index is 1.47. The van der Waals surface area contributed by atoms with E-state index in [0.29, 0.717) is 24.4 Å². The lowest BCUT2D eigenvalue weighted by Crippen LogP contribution is -2.43. The number of rotatable bonds is 5. The van der Waals surface area contributed by atoms with Gasteiger partial charge in [-0.05, 0) is 36.8 Å². The molecular formula is C17H26N4O. The summed E-state index contributed by atoms with van der Waals surface area (Å²) in [7, 11) is 1.92. The van der Waals surface area contributed by atoms with Crippen LogP contribution < -0.4 is 10.9 Å². The molecule has 1 saturated heterocycles. The third-order valence-corrected chi connectivity index (χ3v) is 5.04. The predicted octanol–water partition coefficient (Wildman–Crippen LogP) is 1.51. The Morgan fingerprint density at radius 3 is 3.05 bits per heavy atom. The van der Waals surface area contributed by atoms with Gasteiger partial charge in [0.05, 0.1) is 0 Å². The zero-order chi connectivity index (χ0) is 15.4. The normalized spacial score (nSPS) is 27.4. The SMILES string of the molecule is CN(CC1NNC2CCCCC21)C(=O)CCc1cccnc1. The number of pyridine rings is 1. The second kappa shape index (κ2) is 7.20. The number of likely N-dealkylation sites (N-methyl/N-ethyl adjacent to an activating group) is 1. The van der Waals surface area contributed by atoms with Gasteiger partial charge in [-0.15, -0.1) is 0 Å². The van der Waals surface area contributed by atoms with Crippen LogP contribution in [0.1, 0.15) is 37.7 Å².